The Morgan fingerprint density at radius 1 is 1.03 bits per heavy atom. The van der Waals surface area contributed by atoms with E-state index in [9.17, 15) is 8.42 Å². The molecule has 0 aliphatic heterocycles. The number of rotatable bonds is 11. The molecule has 0 saturated carbocycles. The number of anilines is 1. The second-order valence-electron chi connectivity index (χ2n) is 7.92. The number of sulfonamides is 1. The second-order valence-corrected chi connectivity index (χ2v) is 10.4. The molecule has 4 aromatic rings. The van der Waals surface area contributed by atoms with Crippen LogP contribution < -0.4 is 14.2 Å². The summed E-state index contributed by atoms with van der Waals surface area (Å²) in [5, 5.41) is 7.63. The summed E-state index contributed by atoms with van der Waals surface area (Å²) < 4.78 is 48.3. The van der Waals surface area contributed by atoms with Gasteiger partial charge in [-0.1, -0.05) is 17.7 Å². The van der Waals surface area contributed by atoms with Gasteiger partial charge in [0.05, 0.1) is 19.2 Å². The van der Waals surface area contributed by atoms with Crippen LogP contribution in [0.2, 0.25) is 5.02 Å². The van der Waals surface area contributed by atoms with Crippen molar-refractivity contribution in [1.29, 1.82) is 0 Å². The number of aromatic nitrogens is 6. The molecule has 2 atom stereocenters. The number of hydrogen-bond acceptors (Lipinski definition) is 10. The Morgan fingerprint density at radius 3 is 2.29 bits per heavy atom. The summed E-state index contributed by atoms with van der Waals surface area (Å²) in [4.78, 5) is 12.5. The second kappa shape index (κ2) is 11.7. The molecule has 1 N–H and O–H groups in total. The van der Waals surface area contributed by atoms with Gasteiger partial charge in [0.2, 0.25) is 16.0 Å². The summed E-state index contributed by atoms with van der Waals surface area (Å²) in [5.41, 5.74) is 0.988. The minimum Gasteiger partial charge on any atom is -0.494 e. The topological polar surface area (TPSA) is 143 Å². The van der Waals surface area contributed by atoms with Gasteiger partial charge in [-0.15, -0.1) is 10.2 Å². The van der Waals surface area contributed by atoms with Crippen LogP contribution >= 0.6 is 11.6 Å². The Kier molecular flexibility index (Phi) is 8.39. The van der Waals surface area contributed by atoms with Gasteiger partial charge in [0.1, 0.15) is 28.5 Å². The zero-order valence-electron chi connectivity index (χ0n) is 21.1. The number of nitrogens with zero attached hydrogens (tertiary/aromatic N) is 6. The Morgan fingerprint density at radius 2 is 1.71 bits per heavy atom. The predicted molar refractivity (Wildman–Crippen MR) is 141 cm³/mol. The van der Waals surface area contributed by atoms with E-state index < -0.39 is 21.4 Å². The molecule has 0 amide bonds. The maximum Gasteiger partial charge on any atom is 0.243 e. The maximum absolute atomic E-state index is 13.7. The normalized spacial score (nSPS) is 13.1. The smallest absolute Gasteiger partial charge is 0.243 e. The Bertz CT molecular complexity index is 1460. The van der Waals surface area contributed by atoms with Crippen LogP contribution in [0.25, 0.3) is 17.1 Å². The van der Waals surface area contributed by atoms with Crippen LogP contribution in [0.3, 0.4) is 0 Å². The van der Waals surface area contributed by atoms with E-state index in [4.69, 9.17) is 25.8 Å². The monoisotopic (exact) mass is 559 g/mol. The molecule has 0 spiro atoms. The lowest BCUT2D eigenvalue weighted by Gasteiger charge is -2.23. The third kappa shape index (κ3) is 5.54. The highest BCUT2D eigenvalue weighted by Gasteiger charge is 2.35. The minimum absolute atomic E-state index is 0.0919. The van der Waals surface area contributed by atoms with Crippen molar-refractivity contribution in [1.82, 2.24) is 29.7 Å². The van der Waals surface area contributed by atoms with E-state index in [1.807, 2.05) is 0 Å². The molecule has 0 aliphatic rings. The summed E-state index contributed by atoms with van der Waals surface area (Å²) >= 11 is 5.91. The van der Waals surface area contributed by atoms with Gasteiger partial charge in [-0.05, 0) is 38.1 Å². The van der Waals surface area contributed by atoms with E-state index >= 15 is 0 Å². The summed E-state index contributed by atoms with van der Waals surface area (Å²) in [6.45, 7) is 3.48. The largest absolute Gasteiger partial charge is 0.494 e. The van der Waals surface area contributed by atoms with Gasteiger partial charge >= 0.3 is 0 Å². The van der Waals surface area contributed by atoms with E-state index in [2.05, 4.69) is 29.9 Å². The van der Waals surface area contributed by atoms with Crippen LogP contribution in [0.15, 0.2) is 55.1 Å². The molecule has 0 saturated heterocycles. The average molecular weight is 560 g/mol. The molecule has 14 heteroatoms. The van der Waals surface area contributed by atoms with E-state index in [1.54, 1.807) is 49.6 Å². The molecular formula is C24H26ClN7O5S. The fourth-order valence-corrected chi connectivity index (χ4v) is 4.94. The number of halogens is 1. The van der Waals surface area contributed by atoms with E-state index in [0.717, 1.165) is 0 Å². The van der Waals surface area contributed by atoms with Crippen molar-refractivity contribution in [2.75, 3.05) is 25.5 Å². The molecule has 0 fully saturated rings. The number of methoxy groups -OCH3 is 2. The van der Waals surface area contributed by atoms with Crippen LogP contribution in [-0.4, -0.2) is 64.2 Å². The van der Waals surface area contributed by atoms with Crippen molar-refractivity contribution in [2.24, 2.45) is 0 Å². The number of benzene rings is 1. The van der Waals surface area contributed by atoms with Gasteiger partial charge in [-0.2, -0.15) is 0 Å². The van der Waals surface area contributed by atoms with Crippen molar-refractivity contribution >= 4 is 27.6 Å². The van der Waals surface area contributed by atoms with Gasteiger partial charge in [-0.25, -0.2) is 18.4 Å². The number of ether oxygens (including phenoxy) is 3. The van der Waals surface area contributed by atoms with Gasteiger partial charge in [-0.3, -0.25) is 14.3 Å². The molecule has 3 heterocycles. The molecular weight excluding hydrogens is 534 g/mol. The maximum atomic E-state index is 13.7. The highest BCUT2D eigenvalue weighted by atomic mass is 35.5. The third-order valence-corrected chi connectivity index (χ3v) is 7.49. The molecule has 0 bridgehead atoms. The molecule has 0 radical (unpaired) electrons. The molecule has 0 aliphatic carbocycles. The standard InChI is InChI=1S/C24H26ClN7O5S/c1-5-37-21(22-27-13-17(25)14-28-22)15(2)38(33,34)31-24-30-29-23(16-8-7-11-26-12-16)32(24)20-18(35-3)9-6-10-19(20)36-4/h6-15,21H,5H2,1-4H3,(H,30,31)/t15-,21+/m1/s1. The first-order chi connectivity index (χ1) is 18.3. The zero-order valence-corrected chi connectivity index (χ0v) is 22.6. The predicted octanol–water partition coefficient (Wildman–Crippen LogP) is 3.70. The SMILES string of the molecule is CCO[C@H](c1ncc(Cl)cn1)[C@@H](C)S(=O)(=O)Nc1nnc(-c2cccnc2)n1-c1c(OC)cccc1OC. The first-order valence-electron chi connectivity index (χ1n) is 11.5. The molecule has 3 aromatic heterocycles. The molecule has 0 unspecified atom stereocenters. The molecule has 200 valence electrons. The van der Waals surface area contributed by atoms with Gasteiger partial charge in [0, 0.05) is 37.0 Å². The van der Waals surface area contributed by atoms with E-state index in [0.29, 0.717) is 33.6 Å². The van der Waals surface area contributed by atoms with Crippen LogP contribution in [0, 0.1) is 0 Å². The summed E-state index contributed by atoms with van der Waals surface area (Å²) in [7, 11) is -1.15. The van der Waals surface area contributed by atoms with Crippen molar-refractivity contribution < 1.29 is 22.6 Å². The van der Waals surface area contributed by atoms with Crippen LogP contribution in [0.1, 0.15) is 25.8 Å². The highest BCUT2D eigenvalue weighted by Crippen LogP contribution is 2.38. The average Bonchev–Trinajstić information content (AvgIpc) is 3.34. The van der Waals surface area contributed by atoms with Gasteiger partial charge < -0.3 is 14.2 Å². The lowest BCUT2D eigenvalue weighted by atomic mass is 10.2. The van der Waals surface area contributed by atoms with Gasteiger partial charge in [0.15, 0.2) is 11.6 Å². The van der Waals surface area contributed by atoms with Crippen molar-refractivity contribution in [3.8, 4) is 28.6 Å². The number of para-hydroxylation sites is 1. The third-order valence-electron chi connectivity index (χ3n) is 5.60. The number of hydrogen-bond donors (Lipinski definition) is 1. The number of pyridine rings is 1. The molecule has 38 heavy (non-hydrogen) atoms. The van der Waals surface area contributed by atoms with Crippen molar-refractivity contribution in [3.05, 3.63) is 66.0 Å². The fraction of sp³-hybridized carbons (Fsp3) is 0.292. The number of nitrogens with one attached hydrogen (secondary N) is 1. The first kappa shape index (κ1) is 27.2. The Balaban J connectivity index is 1.83. The van der Waals surface area contributed by atoms with Crippen molar-refractivity contribution in [2.45, 2.75) is 25.2 Å². The Hall–Kier alpha value is -3.81. The van der Waals surface area contributed by atoms with Gasteiger partial charge in [0.25, 0.3) is 0 Å². The molecule has 4 rings (SSSR count). The summed E-state index contributed by atoms with van der Waals surface area (Å²) in [5.74, 6) is 1.21. The lowest BCUT2D eigenvalue weighted by Crippen LogP contribution is -2.34. The van der Waals surface area contributed by atoms with Crippen LogP contribution in [0.4, 0.5) is 5.95 Å². The lowest BCUT2D eigenvalue weighted by molar-refractivity contribution is 0.0558. The van der Waals surface area contributed by atoms with Crippen LogP contribution in [-0.2, 0) is 14.8 Å². The highest BCUT2D eigenvalue weighted by molar-refractivity contribution is 7.93. The first-order valence-corrected chi connectivity index (χ1v) is 13.4. The molecule has 12 nitrogen and oxygen atoms in total. The van der Waals surface area contributed by atoms with Crippen LogP contribution in [0.5, 0.6) is 11.5 Å². The summed E-state index contributed by atoms with van der Waals surface area (Å²) in [6, 6.07) is 8.70. The zero-order chi connectivity index (χ0) is 27.3. The molecule has 1 aromatic carbocycles. The quantitative estimate of drug-likeness (QED) is 0.289. The van der Waals surface area contributed by atoms with E-state index in [1.165, 1.54) is 38.1 Å². The van der Waals surface area contributed by atoms with E-state index in [-0.39, 0.29) is 18.4 Å². The minimum atomic E-state index is -4.14. The fourth-order valence-electron chi connectivity index (χ4n) is 3.75. The summed E-state index contributed by atoms with van der Waals surface area (Å²) in [6.07, 6.45) is 4.99. The van der Waals surface area contributed by atoms with Crippen molar-refractivity contribution in [3.63, 3.8) is 0 Å². The Labute approximate surface area is 225 Å².